The molecule has 1 aromatic rings. The smallest absolute Gasteiger partial charge is 0.349 e. The van der Waals surface area contributed by atoms with E-state index in [-0.39, 0.29) is 0 Å². The molecule has 7 nitrogen and oxygen atoms in total. The van der Waals surface area contributed by atoms with Crippen LogP contribution in [-0.4, -0.2) is 49.3 Å². The predicted molar refractivity (Wildman–Crippen MR) is 59.3 cm³/mol. The highest BCUT2D eigenvalue weighted by Gasteiger charge is 2.55. The Balaban J connectivity index is 2.42. The van der Waals surface area contributed by atoms with Crippen LogP contribution in [0.25, 0.3) is 0 Å². The summed E-state index contributed by atoms with van der Waals surface area (Å²) in [6.07, 6.45) is 3.88. The highest BCUT2D eigenvalue weighted by atomic mass is 16.6. The predicted octanol–water partition coefficient (Wildman–Crippen LogP) is -2.14. The Labute approximate surface area is 102 Å². The molecule has 0 spiro atoms. The van der Waals surface area contributed by atoms with E-state index in [4.69, 9.17) is 16.3 Å². The largest absolute Gasteiger partial charge is 0.394 e. The minimum Gasteiger partial charge on any atom is -0.394 e. The second kappa shape index (κ2) is 4.51. The van der Waals surface area contributed by atoms with Crippen LogP contribution >= 0.6 is 0 Å². The third kappa shape index (κ3) is 1.72. The first-order valence-electron chi connectivity index (χ1n) is 5.22. The quantitative estimate of drug-likeness (QED) is 0.519. The first-order valence-corrected chi connectivity index (χ1v) is 5.22. The van der Waals surface area contributed by atoms with Gasteiger partial charge < -0.3 is 20.1 Å². The lowest BCUT2D eigenvalue weighted by Gasteiger charge is -2.23. The number of rotatable bonds is 2. The van der Waals surface area contributed by atoms with Gasteiger partial charge in [0.05, 0.1) is 6.61 Å². The molecule has 1 aliphatic rings. The van der Waals surface area contributed by atoms with Gasteiger partial charge in [-0.1, -0.05) is 5.92 Å². The van der Waals surface area contributed by atoms with E-state index in [2.05, 4.69) is 4.98 Å². The SMILES string of the molecule is C#C[C@@]1(O)[C@@H](CO)O[C@@H](n2cccnc2=O)[C@@H]1O. The molecule has 0 aromatic carbocycles. The zero-order valence-corrected chi connectivity index (χ0v) is 9.30. The van der Waals surface area contributed by atoms with E-state index in [1.807, 2.05) is 5.92 Å². The molecular formula is C11H12N2O5. The molecule has 2 rings (SSSR count). The Kier molecular flexibility index (Phi) is 3.19. The van der Waals surface area contributed by atoms with Crippen molar-refractivity contribution in [3.63, 3.8) is 0 Å². The summed E-state index contributed by atoms with van der Waals surface area (Å²) in [4.78, 5) is 15.0. The Morgan fingerprint density at radius 2 is 2.39 bits per heavy atom. The minimum absolute atomic E-state index is 0.580. The fourth-order valence-corrected chi connectivity index (χ4v) is 1.89. The van der Waals surface area contributed by atoms with Crippen LogP contribution in [0.1, 0.15) is 6.23 Å². The second-order valence-electron chi connectivity index (χ2n) is 3.92. The molecule has 0 aliphatic carbocycles. The van der Waals surface area contributed by atoms with Crippen LogP contribution < -0.4 is 5.69 Å². The zero-order valence-electron chi connectivity index (χ0n) is 9.30. The van der Waals surface area contributed by atoms with Crippen molar-refractivity contribution in [2.45, 2.75) is 24.0 Å². The lowest BCUT2D eigenvalue weighted by molar-refractivity contribution is -0.0624. The molecular weight excluding hydrogens is 240 g/mol. The highest BCUT2D eigenvalue weighted by molar-refractivity contribution is 5.19. The Morgan fingerprint density at radius 1 is 1.67 bits per heavy atom. The zero-order chi connectivity index (χ0) is 13.3. The molecule has 7 heteroatoms. The van der Waals surface area contributed by atoms with Gasteiger partial charge >= 0.3 is 5.69 Å². The number of aromatic nitrogens is 2. The van der Waals surface area contributed by atoms with Gasteiger partial charge in [0.2, 0.25) is 0 Å². The molecule has 1 aliphatic heterocycles. The summed E-state index contributed by atoms with van der Waals surface area (Å²) < 4.78 is 6.23. The van der Waals surface area contributed by atoms with Crippen LogP contribution in [-0.2, 0) is 4.74 Å². The molecule has 1 saturated heterocycles. The van der Waals surface area contributed by atoms with Crippen LogP contribution in [0.3, 0.4) is 0 Å². The van der Waals surface area contributed by atoms with E-state index in [9.17, 15) is 15.0 Å². The fraction of sp³-hybridized carbons (Fsp3) is 0.455. The number of hydrogen-bond donors (Lipinski definition) is 3. The van der Waals surface area contributed by atoms with E-state index in [1.165, 1.54) is 18.5 Å². The minimum atomic E-state index is -2.05. The van der Waals surface area contributed by atoms with E-state index in [0.29, 0.717) is 0 Å². The number of hydrogen-bond acceptors (Lipinski definition) is 6. The number of ether oxygens (including phenoxy) is 1. The standard InChI is InChI=1S/C11H12N2O5/c1-2-11(17)7(6-14)18-9(8(11)15)13-5-3-4-12-10(13)16/h1,3-5,7-9,14-15,17H,6H2/t7-,8+,9-,11-/m1/s1. The highest BCUT2D eigenvalue weighted by Crippen LogP contribution is 2.35. The molecule has 2 heterocycles. The second-order valence-corrected chi connectivity index (χ2v) is 3.92. The average molecular weight is 252 g/mol. The third-order valence-corrected chi connectivity index (χ3v) is 2.93. The molecule has 18 heavy (non-hydrogen) atoms. The van der Waals surface area contributed by atoms with Crippen molar-refractivity contribution in [2.24, 2.45) is 0 Å². The van der Waals surface area contributed by atoms with Crippen LogP contribution in [0.2, 0.25) is 0 Å². The van der Waals surface area contributed by atoms with E-state index < -0.39 is 36.3 Å². The molecule has 0 amide bonds. The molecule has 3 N–H and O–H groups in total. The monoisotopic (exact) mass is 252 g/mol. The first kappa shape index (κ1) is 12.7. The Bertz CT molecular complexity index is 537. The van der Waals surface area contributed by atoms with Gasteiger partial charge in [0.1, 0.15) is 12.2 Å². The van der Waals surface area contributed by atoms with Gasteiger partial charge in [0, 0.05) is 12.4 Å². The molecule has 1 fully saturated rings. The van der Waals surface area contributed by atoms with Crippen LogP contribution in [0.15, 0.2) is 23.3 Å². The lowest BCUT2D eigenvalue weighted by atomic mass is 9.93. The normalized spacial score (nSPS) is 35.3. The van der Waals surface area contributed by atoms with Crippen molar-refractivity contribution < 1.29 is 20.1 Å². The van der Waals surface area contributed by atoms with Gasteiger partial charge in [-0.15, -0.1) is 6.42 Å². The van der Waals surface area contributed by atoms with Crippen molar-refractivity contribution in [2.75, 3.05) is 6.61 Å². The van der Waals surface area contributed by atoms with Gasteiger partial charge in [0.25, 0.3) is 0 Å². The first-order chi connectivity index (χ1) is 8.54. The van der Waals surface area contributed by atoms with E-state index in [1.54, 1.807) is 0 Å². The molecule has 96 valence electrons. The average Bonchev–Trinajstić information content (AvgIpc) is 2.64. The topological polar surface area (TPSA) is 105 Å². The summed E-state index contributed by atoms with van der Waals surface area (Å²) in [7, 11) is 0. The van der Waals surface area contributed by atoms with Gasteiger partial charge in [0.15, 0.2) is 11.8 Å². The molecule has 0 saturated carbocycles. The maximum atomic E-state index is 11.5. The van der Waals surface area contributed by atoms with Crippen molar-refractivity contribution in [3.8, 4) is 12.3 Å². The summed E-state index contributed by atoms with van der Waals surface area (Å²) in [5, 5.41) is 29.1. The van der Waals surface area contributed by atoms with Crippen LogP contribution in [0.4, 0.5) is 0 Å². The Hall–Kier alpha value is -1.72. The van der Waals surface area contributed by atoms with Gasteiger partial charge in [-0.25, -0.2) is 9.78 Å². The van der Waals surface area contributed by atoms with Crippen molar-refractivity contribution >= 4 is 0 Å². The molecule has 1 aromatic heterocycles. The number of terminal acetylenes is 1. The summed E-state index contributed by atoms with van der Waals surface area (Å²) in [5.41, 5.74) is -2.70. The van der Waals surface area contributed by atoms with E-state index in [0.717, 1.165) is 4.57 Å². The maximum Gasteiger partial charge on any atom is 0.349 e. The summed E-state index contributed by atoms with van der Waals surface area (Å²) in [5.74, 6) is 2.00. The summed E-state index contributed by atoms with van der Waals surface area (Å²) in [6, 6.07) is 1.47. The van der Waals surface area contributed by atoms with Gasteiger partial charge in [-0.05, 0) is 6.07 Å². The molecule has 4 atom stereocenters. The fourth-order valence-electron chi connectivity index (χ4n) is 1.89. The van der Waals surface area contributed by atoms with Crippen molar-refractivity contribution in [1.29, 1.82) is 0 Å². The molecule has 0 unspecified atom stereocenters. The van der Waals surface area contributed by atoms with Crippen molar-refractivity contribution in [3.05, 3.63) is 28.9 Å². The number of aliphatic hydroxyl groups excluding tert-OH is 2. The van der Waals surface area contributed by atoms with Crippen molar-refractivity contribution in [1.82, 2.24) is 9.55 Å². The molecule has 0 bridgehead atoms. The van der Waals surface area contributed by atoms with Crippen LogP contribution in [0, 0.1) is 12.3 Å². The molecule has 0 radical (unpaired) electrons. The Morgan fingerprint density at radius 3 is 2.89 bits per heavy atom. The van der Waals surface area contributed by atoms with Gasteiger partial charge in [-0.3, -0.25) is 4.57 Å². The summed E-state index contributed by atoms with van der Waals surface area (Å²) >= 11 is 0. The summed E-state index contributed by atoms with van der Waals surface area (Å²) in [6.45, 7) is -0.580. The lowest BCUT2D eigenvalue weighted by Crippen LogP contribution is -2.48. The maximum absolute atomic E-state index is 11.5. The third-order valence-electron chi connectivity index (χ3n) is 2.93. The van der Waals surface area contributed by atoms with Crippen LogP contribution in [0.5, 0.6) is 0 Å². The number of aliphatic hydroxyl groups is 3. The number of nitrogens with zero attached hydrogens (tertiary/aromatic N) is 2. The van der Waals surface area contributed by atoms with Gasteiger partial charge in [-0.2, -0.15) is 0 Å². The van der Waals surface area contributed by atoms with E-state index >= 15 is 0 Å².